The lowest BCUT2D eigenvalue weighted by Crippen LogP contribution is -2.31. The molecule has 0 spiro atoms. The number of nitro groups is 1. The first kappa shape index (κ1) is 21.9. The summed E-state index contributed by atoms with van der Waals surface area (Å²) in [5, 5.41) is 15.5. The van der Waals surface area contributed by atoms with Crippen LogP contribution in [0.1, 0.15) is 31.6 Å². The average Bonchev–Trinajstić information content (AvgIpc) is 3.02. The third kappa shape index (κ3) is 4.63. The quantitative estimate of drug-likeness (QED) is 0.395. The van der Waals surface area contributed by atoms with Gasteiger partial charge in [0.25, 0.3) is 0 Å². The van der Waals surface area contributed by atoms with Gasteiger partial charge < -0.3 is 9.26 Å². The number of aromatic nitrogens is 2. The maximum absolute atomic E-state index is 13.0. The van der Waals surface area contributed by atoms with Gasteiger partial charge in [0.05, 0.1) is 9.82 Å². The van der Waals surface area contributed by atoms with Gasteiger partial charge in [-0.25, -0.2) is 8.42 Å². The minimum Gasteiger partial charge on any atom is -0.450 e. The maximum atomic E-state index is 13.0. The highest BCUT2D eigenvalue weighted by molar-refractivity contribution is 7.89. The first-order chi connectivity index (χ1) is 15.3. The molecule has 1 aromatic heterocycles. The third-order valence-electron chi connectivity index (χ3n) is 5.18. The van der Waals surface area contributed by atoms with Crippen LogP contribution in [0.2, 0.25) is 0 Å². The molecule has 11 heteroatoms. The van der Waals surface area contributed by atoms with Crippen LogP contribution in [-0.4, -0.2) is 40.9 Å². The van der Waals surface area contributed by atoms with Gasteiger partial charge in [-0.1, -0.05) is 30.1 Å². The molecule has 1 fully saturated rings. The molecule has 0 radical (unpaired) electrons. The lowest BCUT2D eigenvalue weighted by atomic mass is 10.2. The van der Waals surface area contributed by atoms with E-state index in [0.717, 1.165) is 31.7 Å². The van der Waals surface area contributed by atoms with Crippen molar-refractivity contribution in [1.29, 1.82) is 0 Å². The molecule has 0 bridgehead atoms. The molecule has 2 aromatic carbocycles. The van der Waals surface area contributed by atoms with Crippen molar-refractivity contribution >= 4 is 15.7 Å². The Morgan fingerprint density at radius 1 is 1.09 bits per heavy atom. The Labute approximate surface area is 185 Å². The number of rotatable bonds is 6. The van der Waals surface area contributed by atoms with Crippen molar-refractivity contribution in [3.05, 3.63) is 58.5 Å². The van der Waals surface area contributed by atoms with Gasteiger partial charge >= 0.3 is 5.69 Å². The summed E-state index contributed by atoms with van der Waals surface area (Å²) in [6.07, 6.45) is 3.50. The maximum Gasteiger partial charge on any atom is 0.312 e. The Balaban J connectivity index is 1.64. The van der Waals surface area contributed by atoms with E-state index < -0.39 is 20.6 Å². The molecule has 2 heterocycles. The Hall–Kier alpha value is -3.31. The number of benzene rings is 2. The molecule has 1 aliphatic heterocycles. The van der Waals surface area contributed by atoms with Gasteiger partial charge in [0.2, 0.25) is 27.5 Å². The Morgan fingerprint density at radius 2 is 1.84 bits per heavy atom. The number of ether oxygens (including phenoxy) is 1. The molecule has 0 atom stereocenters. The van der Waals surface area contributed by atoms with Crippen LogP contribution in [-0.2, 0) is 10.0 Å². The second-order valence-electron chi connectivity index (χ2n) is 7.47. The van der Waals surface area contributed by atoms with Gasteiger partial charge in [-0.2, -0.15) is 9.29 Å². The lowest BCUT2D eigenvalue weighted by Gasteiger charge is -2.20. The zero-order chi connectivity index (χ0) is 22.7. The summed E-state index contributed by atoms with van der Waals surface area (Å²) >= 11 is 0. The topological polar surface area (TPSA) is 129 Å². The van der Waals surface area contributed by atoms with Crippen molar-refractivity contribution < 1.29 is 22.6 Å². The number of aryl methyl sites for hydroxylation is 1. The van der Waals surface area contributed by atoms with Gasteiger partial charge in [-0.05, 0) is 37.1 Å². The summed E-state index contributed by atoms with van der Waals surface area (Å²) in [7, 11) is -3.83. The average molecular weight is 458 g/mol. The summed E-state index contributed by atoms with van der Waals surface area (Å²) in [5.74, 6) is 1.02. The highest BCUT2D eigenvalue weighted by Gasteiger charge is 2.28. The molecule has 0 amide bonds. The first-order valence-corrected chi connectivity index (χ1v) is 11.7. The number of nitro benzene ring substituents is 1. The summed E-state index contributed by atoms with van der Waals surface area (Å²) < 4.78 is 38.2. The molecule has 168 valence electrons. The summed E-state index contributed by atoms with van der Waals surface area (Å²) in [4.78, 5) is 15.1. The zero-order valence-corrected chi connectivity index (χ0v) is 18.2. The molecule has 4 rings (SSSR count). The number of nitrogens with zero attached hydrogens (tertiary/aromatic N) is 4. The monoisotopic (exact) mass is 458 g/mol. The Morgan fingerprint density at radius 3 is 2.50 bits per heavy atom. The highest BCUT2D eigenvalue weighted by Crippen LogP contribution is 2.35. The van der Waals surface area contributed by atoms with Crippen LogP contribution in [0, 0.1) is 17.0 Å². The van der Waals surface area contributed by atoms with Crippen molar-refractivity contribution in [1.82, 2.24) is 14.4 Å². The van der Waals surface area contributed by atoms with Crippen molar-refractivity contribution in [3.63, 3.8) is 0 Å². The number of sulfonamides is 1. The van der Waals surface area contributed by atoms with E-state index in [4.69, 9.17) is 9.26 Å². The van der Waals surface area contributed by atoms with E-state index in [0.29, 0.717) is 36.1 Å². The van der Waals surface area contributed by atoms with Gasteiger partial charge in [0, 0.05) is 31.6 Å². The fraction of sp³-hybridized carbons (Fsp3) is 0.333. The van der Waals surface area contributed by atoms with E-state index in [1.807, 2.05) is 0 Å². The Kier molecular flexibility index (Phi) is 6.19. The fourth-order valence-corrected chi connectivity index (χ4v) is 5.10. The highest BCUT2D eigenvalue weighted by atomic mass is 32.2. The molecule has 1 aliphatic rings. The molecule has 0 unspecified atom stereocenters. The van der Waals surface area contributed by atoms with Crippen molar-refractivity contribution in [2.24, 2.45) is 0 Å². The standard InChI is InChI=1S/C21H22N4O6S/c1-15-22-21(23-31-15)16-7-6-8-17(13-16)30-20-10-9-18(14-19(20)25(26)27)32(28,29)24-11-4-2-3-5-12-24/h6-10,13-14H,2-5,11-12H2,1H3. The van der Waals surface area contributed by atoms with Gasteiger partial charge in [-0.3, -0.25) is 10.1 Å². The van der Waals surface area contributed by atoms with E-state index >= 15 is 0 Å². The third-order valence-corrected chi connectivity index (χ3v) is 7.07. The minimum absolute atomic E-state index is 0.0636. The second-order valence-corrected chi connectivity index (χ2v) is 9.41. The molecule has 0 aliphatic carbocycles. The predicted octanol–water partition coefficient (Wildman–Crippen LogP) is 4.31. The minimum atomic E-state index is -3.83. The largest absolute Gasteiger partial charge is 0.450 e. The molecular weight excluding hydrogens is 436 g/mol. The normalized spacial score (nSPS) is 15.3. The van der Waals surface area contributed by atoms with Crippen LogP contribution in [0.4, 0.5) is 5.69 Å². The molecule has 1 saturated heterocycles. The van der Waals surface area contributed by atoms with Crippen LogP contribution in [0.25, 0.3) is 11.4 Å². The van der Waals surface area contributed by atoms with Crippen LogP contribution >= 0.6 is 0 Å². The first-order valence-electron chi connectivity index (χ1n) is 10.2. The SMILES string of the molecule is Cc1nc(-c2cccc(Oc3ccc(S(=O)(=O)N4CCCCCC4)cc3[N+](=O)[O-])c2)no1. The molecule has 0 N–H and O–H groups in total. The molecular formula is C21H22N4O6S. The van der Waals surface area contributed by atoms with Crippen LogP contribution < -0.4 is 4.74 Å². The Bertz CT molecular complexity index is 1230. The van der Waals surface area contributed by atoms with Gasteiger partial charge in [-0.15, -0.1) is 0 Å². The zero-order valence-electron chi connectivity index (χ0n) is 17.4. The smallest absolute Gasteiger partial charge is 0.312 e. The van der Waals surface area contributed by atoms with Crippen molar-refractivity contribution in [2.75, 3.05) is 13.1 Å². The number of hydrogen-bond acceptors (Lipinski definition) is 8. The fourth-order valence-electron chi connectivity index (χ4n) is 3.56. The summed E-state index contributed by atoms with van der Waals surface area (Å²) in [6.45, 7) is 2.49. The van der Waals surface area contributed by atoms with Crippen molar-refractivity contribution in [3.8, 4) is 22.9 Å². The van der Waals surface area contributed by atoms with Crippen molar-refractivity contribution in [2.45, 2.75) is 37.5 Å². The van der Waals surface area contributed by atoms with E-state index in [9.17, 15) is 18.5 Å². The molecule has 32 heavy (non-hydrogen) atoms. The van der Waals surface area contributed by atoms with E-state index in [2.05, 4.69) is 10.1 Å². The summed E-state index contributed by atoms with van der Waals surface area (Å²) in [5.41, 5.74) is 0.184. The molecule has 0 saturated carbocycles. The lowest BCUT2D eigenvalue weighted by molar-refractivity contribution is -0.385. The van der Waals surface area contributed by atoms with Crippen LogP contribution in [0.5, 0.6) is 11.5 Å². The van der Waals surface area contributed by atoms with E-state index in [1.54, 1.807) is 31.2 Å². The van der Waals surface area contributed by atoms with E-state index in [-0.39, 0.29) is 10.6 Å². The second kappa shape index (κ2) is 9.05. The van der Waals surface area contributed by atoms with E-state index in [1.165, 1.54) is 16.4 Å². The van der Waals surface area contributed by atoms with Crippen LogP contribution in [0.3, 0.4) is 0 Å². The summed E-state index contributed by atoms with van der Waals surface area (Å²) in [6, 6.07) is 10.4. The van der Waals surface area contributed by atoms with Gasteiger partial charge in [0.1, 0.15) is 5.75 Å². The molecule has 10 nitrogen and oxygen atoms in total. The molecule has 3 aromatic rings. The predicted molar refractivity (Wildman–Crippen MR) is 115 cm³/mol. The van der Waals surface area contributed by atoms with Crippen LogP contribution in [0.15, 0.2) is 51.9 Å². The number of hydrogen-bond donors (Lipinski definition) is 0. The van der Waals surface area contributed by atoms with Gasteiger partial charge in [0.15, 0.2) is 0 Å².